The van der Waals surface area contributed by atoms with Gasteiger partial charge in [0.05, 0.1) is 12.2 Å². The Bertz CT molecular complexity index is 752. The van der Waals surface area contributed by atoms with Crippen LogP contribution < -0.4 is 5.32 Å². The molecule has 2 aromatic carbocycles. The van der Waals surface area contributed by atoms with Crippen LogP contribution in [0, 0.1) is 6.92 Å². The first-order chi connectivity index (χ1) is 10.2. The highest BCUT2D eigenvalue weighted by Crippen LogP contribution is 2.28. The predicted octanol–water partition coefficient (Wildman–Crippen LogP) is 5.38. The molecule has 0 atom stereocenters. The number of hydrogen-bond acceptors (Lipinski definition) is 3. The minimum absolute atomic E-state index is 0.721. The lowest BCUT2D eigenvalue weighted by Crippen LogP contribution is -1.98. The summed E-state index contributed by atoms with van der Waals surface area (Å²) in [6.07, 6.45) is 0. The van der Waals surface area contributed by atoms with Crippen LogP contribution in [0.2, 0.25) is 5.02 Å². The number of anilines is 1. The number of aromatic nitrogens is 1. The molecule has 0 bridgehead atoms. The van der Waals surface area contributed by atoms with E-state index in [9.17, 15) is 0 Å². The van der Waals surface area contributed by atoms with Crippen LogP contribution in [-0.4, -0.2) is 4.98 Å². The molecule has 3 aromatic rings. The third kappa shape index (κ3) is 3.43. The molecular weight excluding hydrogens is 300 g/mol. The van der Waals surface area contributed by atoms with Crippen molar-refractivity contribution in [1.29, 1.82) is 0 Å². The molecule has 21 heavy (non-hydrogen) atoms. The number of nitrogens with one attached hydrogen (secondary N) is 1. The third-order valence-electron chi connectivity index (χ3n) is 3.16. The van der Waals surface area contributed by atoms with Crippen LogP contribution in [0.25, 0.3) is 11.3 Å². The van der Waals surface area contributed by atoms with E-state index < -0.39 is 0 Å². The monoisotopic (exact) mass is 314 g/mol. The molecule has 1 aromatic heterocycles. The Morgan fingerprint density at radius 2 is 2.00 bits per heavy atom. The number of hydrogen-bond donors (Lipinski definition) is 1. The van der Waals surface area contributed by atoms with Gasteiger partial charge in [-0.2, -0.15) is 0 Å². The van der Waals surface area contributed by atoms with Crippen molar-refractivity contribution in [3.63, 3.8) is 0 Å². The van der Waals surface area contributed by atoms with Crippen LogP contribution in [0.4, 0.5) is 5.69 Å². The number of benzene rings is 2. The van der Waals surface area contributed by atoms with Gasteiger partial charge in [0.2, 0.25) is 0 Å². The molecule has 0 saturated carbocycles. The highest BCUT2D eigenvalue weighted by atomic mass is 35.5. The second kappa shape index (κ2) is 6.29. The van der Waals surface area contributed by atoms with E-state index in [1.54, 1.807) is 11.3 Å². The van der Waals surface area contributed by atoms with Crippen molar-refractivity contribution in [1.82, 2.24) is 4.98 Å². The Labute approximate surface area is 133 Å². The van der Waals surface area contributed by atoms with Crippen molar-refractivity contribution in [3.05, 3.63) is 69.5 Å². The smallest absolute Gasteiger partial charge is 0.112 e. The van der Waals surface area contributed by atoms with Crippen molar-refractivity contribution >= 4 is 28.6 Å². The maximum absolute atomic E-state index is 6.21. The van der Waals surface area contributed by atoms with E-state index in [0.29, 0.717) is 0 Å². The van der Waals surface area contributed by atoms with E-state index in [4.69, 9.17) is 11.6 Å². The summed E-state index contributed by atoms with van der Waals surface area (Å²) in [6.45, 7) is 2.81. The fourth-order valence-electron chi connectivity index (χ4n) is 2.12. The zero-order valence-corrected chi connectivity index (χ0v) is 13.2. The van der Waals surface area contributed by atoms with Gasteiger partial charge in [0.1, 0.15) is 5.01 Å². The molecule has 0 spiro atoms. The molecule has 0 radical (unpaired) electrons. The number of aryl methyl sites for hydroxylation is 1. The largest absolute Gasteiger partial charge is 0.379 e. The maximum atomic E-state index is 6.21. The van der Waals surface area contributed by atoms with Gasteiger partial charge in [0, 0.05) is 21.7 Å². The molecule has 0 aliphatic rings. The van der Waals surface area contributed by atoms with Gasteiger partial charge in [-0.1, -0.05) is 41.9 Å². The van der Waals surface area contributed by atoms with E-state index in [2.05, 4.69) is 46.9 Å². The molecule has 106 valence electrons. The molecule has 1 heterocycles. The minimum atomic E-state index is 0.721. The molecule has 0 saturated heterocycles. The summed E-state index contributed by atoms with van der Waals surface area (Å²) in [7, 11) is 0. The highest BCUT2D eigenvalue weighted by Gasteiger charge is 2.07. The summed E-state index contributed by atoms with van der Waals surface area (Å²) in [4.78, 5) is 4.65. The lowest BCUT2D eigenvalue weighted by atomic mass is 10.2. The first-order valence-electron chi connectivity index (χ1n) is 6.72. The van der Waals surface area contributed by atoms with Crippen LogP contribution in [0.1, 0.15) is 10.6 Å². The van der Waals surface area contributed by atoms with Gasteiger partial charge >= 0.3 is 0 Å². The fraction of sp³-hybridized carbons (Fsp3) is 0.118. The quantitative estimate of drug-likeness (QED) is 0.699. The Hall–Kier alpha value is -1.84. The molecule has 0 fully saturated rings. The summed E-state index contributed by atoms with van der Waals surface area (Å²) in [6, 6.07) is 16.1. The van der Waals surface area contributed by atoms with Crippen LogP contribution in [0.3, 0.4) is 0 Å². The molecule has 3 rings (SSSR count). The van der Waals surface area contributed by atoms with Crippen LogP contribution in [0.5, 0.6) is 0 Å². The molecule has 4 heteroatoms. The standard InChI is InChI=1S/C17H15ClN2S/c1-12-5-4-6-13(9-12)19-10-17-20-16(11-21-17)14-7-2-3-8-15(14)18/h2-9,11,19H,10H2,1H3. The highest BCUT2D eigenvalue weighted by molar-refractivity contribution is 7.10. The first-order valence-corrected chi connectivity index (χ1v) is 7.98. The number of halogens is 1. The van der Waals surface area contributed by atoms with Crippen molar-refractivity contribution in [2.45, 2.75) is 13.5 Å². The summed E-state index contributed by atoms with van der Waals surface area (Å²) >= 11 is 7.85. The van der Waals surface area contributed by atoms with E-state index >= 15 is 0 Å². The average Bonchev–Trinajstić information content (AvgIpc) is 2.94. The van der Waals surface area contributed by atoms with E-state index in [0.717, 1.165) is 33.5 Å². The average molecular weight is 315 g/mol. The Kier molecular flexibility index (Phi) is 4.23. The molecule has 0 unspecified atom stereocenters. The van der Waals surface area contributed by atoms with Gasteiger partial charge in [-0.15, -0.1) is 11.3 Å². The summed E-state index contributed by atoms with van der Waals surface area (Å²) in [5.41, 5.74) is 4.28. The SMILES string of the molecule is Cc1cccc(NCc2nc(-c3ccccc3Cl)cs2)c1. The van der Waals surface area contributed by atoms with Crippen LogP contribution >= 0.6 is 22.9 Å². The molecule has 0 aliphatic carbocycles. The van der Waals surface area contributed by atoms with Gasteiger partial charge < -0.3 is 5.32 Å². The molecule has 0 aliphatic heterocycles. The van der Waals surface area contributed by atoms with Crippen LogP contribution in [-0.2, 0) is 6.54 Å². The Morgan fingerprint density at radius 1 is 1.14 bits per heavy atom. The number of thiazole rings is 1. The fourth-order valence-corrected chi connectivity index (χ4v) is 3.08. The van der Waals surface area contributed by atoms with Crippen molar-refractivity contribution in [3.8, 4) is 11.3 Å². The summed E-state index contributed by atoms with van der Waals surface area (Å²) < 4.78 is 0. The lowest BCUT2D eigenvalue weighted by Gasteiger charge is -2.04. The van der Waals surface area contributed by atoms with Gasteiger partial charge in [0.25, 0.3) is 0 Å². The number of nitrogens with zero attached hydrogens (tertiary/aromatic N) is 1. The molecule has 0 amide bonds. The first kappa shape index (κ1) is 14.1. The van der Waals surface area contributed by atoms with Gasteiger partial charge in [-0.05, 0) is 30.7 Å². The normalized spacial score (nSPS) is 10.6. The maximum Gasteiger partial charge on any atom is 0.112 e. The van der Waals surface area contributed by atoms with Gasteiger partial charge in [-0.25, -0.2) is 4.98 Å². The number of rotatable bonds is 4. The van der Waals surface area contributed by atoms with Crippen molar-refractivity contribution < 1.29 is 0 Å². The topological polar surface area (TPSA) is 24.9 Å². The molecule has 1 N–H and O–H groups in total. The van der Waals surface area contributed by atoms with Crippen LogP contribution in [0.15, 0.2) is 53.9 Å². The van der Waals surface area contributed by atoms with Gasteiger partial charge in [-0.3, -0.25) is 0 Å². The van der Waals surface area contributed by atoms with Crippen molar-refractivity contribution in [2.75, 3.05) is 5.32 Å². The van der Waals surface area contributed by atoms with Crippen molar-refractivity contribution in [2.24, 2.45) is 0 Å². The summed E-state index contributed by atoms with van der Waals surface area (Å²) in [5, 5.41) is 7.23. The Morgan fingerprint density at radius 3 is 2.81 bits per heavy atom. The van der Waals surface area contributed by atoms with E-state index in [1.807, 2.05) is 24.3 Å². The third-order valence-corrected chi connectivity index (χ3v) is 4.34. The second-order valence-electron chi connectivity index (χ2n) is 4.83. The van der Waals surface area contributed by atoms with E-state index in [-0.39, 0.29) is 0 Å². The molecule has 2 nitrogen and oxygen atoms in total. The minimum Gasteiger partial charge on any atom is -0.379 e. The zero-order valence-electron chi connectivity index (χ0n) is 11.6. The van der Waals surface area contributed by atoms with Gasteiger partial charge in [0.15, 0.2) is 0 Å². The summed E-state index contributed by atoms with van der Waals surface area (Å²) in [5.74, 6) is 0. The Balaban J connectivity index is 1.72. The van der Waals surface area contributed by atoms with E-state index in [1.165, 1.54) is 5.56 Å². The second-order valence-corrected chi connectivity index (χ2v) is 6.18. The predicted molar refractivity (Wildman–Crippen MR) is 91.1 cm³/mol. The zero-order chi connectivity index (χ0) is 14.7. The molecular formula is C17H15ClN2S. The lowest BCUT2D eigenvalue weighted by molar-refractivity contribution is 1.10.